The van der Waals surface area contributed by atoms with E-state index >= 15 is 0 Å². The fourth-order valence-electron chi connectivity index (χ4n) is 2.73. The Hall–Kier alpha value is -3.09. The summed E-state index contributed by atoms with van der Waals surface area (Å²) in [5, 5.41) is 12.5. The highest BCUT2D eigenvalue weighted by Crippen LogP contribution is 2.23. The van der Waals surface area contributed by atoms with E-state index in [0.29, 0.717) is 28.0 Å². The molecule has 2 heterocycles. The Balaban J connectivity index is 1.50. The summed E-state index contributed by atoms with van der Waals surface area (Å²) in [6, 6.07) is 16.6. The van der Waals surface area contributed by atoms with E-state index in [9.17, 15) is 4.79 Å². The van der Waals surface area contributed by atoms with Crippen molar-refractivity contribution in [2.75, 3.05) is 5.32 Å². The Morgan fingerprint density at radius 2 is 1.86 bits per heavy atom. The fourth-order valence-corrected chi connectivity index (χ4v) is 3.19. The number of benzene rings is 2. The number of amides is 1. The maximum Gasteiger partial charge on any atom is 0.260 e. The van der Waals surface area contributed by atoms with Gasteiger partial charge in [-0.2, -0.15) is 10.2 Å². The van der Waals surface area contributed by atoms with Gasteiger partial charge in [-0.25, -0.2) is 9.36 Å². The summed E-state index contributed by atoms with van der Waals surface area (Å²) in [7, 11) is 0. The highest BCUT2D eigenvalue weighted by molar-refractivity contribution is 6.35. The molecular formula is C20H15Cl2N5O. The Kier molecular flexibility index (Phi) is 5.14. The van der Waals surface area contributed by atoms with Crippen LogP contribution in [-0.2, 0) is 6.54 Å². The minimum atomic E-state index is -0.272. The van der Waals surface area contributed by atoms with Gasteiger partial charge in [0, 0.05) is 22.3 Å². The van der Waals surface area contributed by atoms with Gasteiger partial charge in [0.05, 0.1) is 30.2 Å². The third-order valence-corrected chi connectivity index (χ3v) is 4.75. The van der Waals surface area contributed by atoms with Crippen LogP contribution in [0, 0.1) is 0 Å². The number of carbonyl (C=O) groups excluding carboxylic acids is 1. The molecule has 2 aromatic heterocycles. The predicted molar refractivity (Wildman–Crippen MR) is 109 cm³/mol. The molecule has 140 valence electrons. The van der Waals surface area contributed by atoms with Gasteiger partial charge in [-0.15, -0.1) is 0 Å². The monoisotopic (exact) mass is 411 g/mol. The minimum Gasteiger partial charge on any atom is -0.307 e. The van der Waals surface area contributed by atoms with Gasteiger partial charge in [0.25, 0.3) is 5.91 Å². The average molecular weight is 412 g/mol. The second-order valence-electron chi connectivity index (χ2n) is 6.07. The van der Waals surface area contributed by atoms with Crippen molar-refractivity contribution in [3.05, 3.63) is 94.4 Å². The van der Waals surface area contributed by atoms with Gasteiger partial charge in [-0.05, 0) is 29.8 Å². The molecule has 0 spiro atoms. The maximum atomic E-state index is 12.6. The lowest BCUT2D eigenvalue weighted by molar-refractivity contribution is 0.102. The number of rotatable bonds is 5. The molecule has 1 N–H and O–H groups in total. The van der Waals surface area contributed by atoms with Gasteiger partial charge in [0.2, 0.25) is 0 Å². The van der Waals surface area contributed by atoms with Crippen LogP contribution in [0.2, 0.25) is 10.0 Å². The van der Waals surface area contributed by atoms with Crippen molar-refractivity contribution >= 4 is 34.9 Å². The zero-order chi connectivity index (χ0) is 19.5. The van der Waals surface area contributed by atoms with E-state index in [1.54, 1.807) is 40.0 Å². The first-order chi connectivity index (χ1) is 13.6. The van der Waals surface area contributed by atoms with Crippen LogP contribution >= 0.6 is 23.2 Å². The van der Waals surface area contributed by atoms with Crippen LogP contribution in [0.25, 0.3) is 5.69 Å². The van der Waals surface area contributed by atoms with Crippen LogP contribution in [0.3, 0.4) is 0 Å². The topological polar surface area (TPSA) is 64.7 Å². The quantitative estimate of drug-likeness (QED) is 0.518. The molecule has 2 aromatic carbocycles. The largest absolute Gasteiger partial charge is 0.307 e. The summed E-state index contributed by atoms with van der Waals surface area (Å²) in [6.07, 6.45) is 4.83. The number of aromatic nitrogens is 4. The van der Waals surface area contributed by atoms with Crippen molar-refractivity contribution < 1.29 is 4.79 Å². The van der Waals surface area contributed by atoms with Crippen LogP contribution in [0.4, 0.5) is 5.82 Å². The molecule has 0 aliphatic carbocycles. The molecule has 8 heteroatoms. The molecule has 4 aromatic rings. The zero-order valence-corrected chi connectivity index (χ0v) is 16.1. The Labute approximate surface area is 171 Å². The summed E-state index contributed by atoms with van der Waals surface area (Å²) in [5.41, 5.74) is 2.17. The molecule has 0 bridgehead atoms. The lowest BCUT2D eigenvalue weighted by Crippen LogP contribution is -2.16. The second-order valence-corrected chi connectivity index (χ2v) is 6.92. The molecule has 0 saturated heterocycles. The van der Waals surface area contributed by atoms with Crippen LogP contribution in [-0.4, -0.2) is 25.5 Å². The summed E-state index contributed by atoms with van der Waals surface area (Å²) in [5.74, 6) is 0.287. The maximum absolute atomic E-state index is 12.6. The van der Waals surface area contributed by atoms with E-state index in [4.69, 9.17) is 23.2 Å². The van der Waals surface area contributed by atoms with E-state index < -0.39 is 0 Å². The summed E-state index contributed by atoms with van der Waals surface area (Å²) >= 11 is 12.2. The Bertz CT molecular complexity index is 1120. The highest BCUT2D eigenvalue weighted by atomic mass is 35.5. The van der Waals surface area contributed by atoms with Gasteiger partial charge in [-0.1, -0.05) is 47.5 Å². The predicted octanol–water partition coefficient (Wildman–Crippen LogP) is 4.68. The number of hydrogen-bond donors (Lipinski definition) is 1. The van der Waals surface area contributed by atoms with Crippen molar-refractivity contribution in [2.45, 2.75) is 6.54 Å². The molecule has 0 aliphatic heterocycles. The van der Waals surface area contributed by atoms with Crippen LogP contribution in [0.15, 0.2) is 73.2 Å². The first kappa shape index (κ1) is 18.3. The Morgan fingerprint density at radius 3 is 2.64 bits per heavy atom. The third kappa shape index (κ3) is 3.93. The number of anilines is 1. The van der Waals surface area contributed by atoms with E-state index in [0.717, 1.165) is 11.3 Å². The number of para-hydroxylation sites is 1. The van der Waals surface area contributed by atoms with Gasteiger partial charge < -0.3 is 5.32 Å². The number of carbonyl (C=O) groups is 1. The molecular weight excluding hydrogens is 397 g/mol. The number of halogens is 2. The smallest absolute Gasteiger partial charge is 0.260 e. The standard InChI is InChI=1S/C20H15Cl2N5O/c21-16-7-6-14(18(22)10-16)12-27-19(8-9-23-27)25-20(28)15-11-24-26(13-15)17-4-2-1-3-5-17/h1-11,13H,12H2,(H,25,28). The lowest BCUT2D eigenvalue weighted by atomic mass is 10.2. The van der Waals surface area contributed by atoms with E-state index in [1.807, 2.05) is 36.4 Å². The SMILES string of the molecule is O=C(Nc1ccnn1Cc1ccc(Cl)cc1Cl)c1cnn(-c2ccccc2)c1. The summed E-state index contributed by atoms with van der Waals surface area (Å²) in [4.78, 5) is 12.6. The van der Waals surface area contributed by atoms with E-state index in [2.05, 4.69) is 15.5 Å². The number of nitrogens with one attached hydrogen (secondary N) is 1. The summed E-state index contributed by atoms with van der Waals surface area (Å²) < 4.78 is 3.31. The first-order valence-electron chi connectivity index (χ1n) is 8.47. The molecule has 0 aliphatic rings. The van der Waals surface area contributed by atoms with Gasteiger partial charge in [0.1, 0.15) is 5.82 Å². The minimum absolute atomic E-state index is 0.272. The molecule has 1 amide bonds. The van der Waals surface area contributed by atoms with Crippen molar-refractivity contribution in [2.24, 2.45) is 0 Å². The Morgan fingerprint density at radius 1 is 1.04 bits per heavy atom. The number of nitrogens with zero attached hydrogens (tertiary/aromatic N) is 4. The van der Waals surface area contributed by atoms with Gasteiger partial charge in [0.15, 0.2) is 0 Å². The molecule has 6 nitrogen and oxygen atoms in total. The molecule has 0 saturated carbocycles. The lowest BCUT2D eigenvalue weighted by Gasteiger charge is -2.10. The third-order valence-electron chi connectivity index (χ3n) is 4.16. The molecule has 0 unspecified atom stereocenters. The first-order valence-corrected chi connectivity index (χ1v) is 9.23. The molecule has 0 radical (unpaired) electrons. The highest BCUT2D eigenvalue weighted by Gasteiger charge is 2.13. The zero-order valence-electron chi connectivity index (χ0n) is 14.6. The van der Waals surface area contributed by atoms with Crippen molar-refractivity contribution in [3.8, 4) is 5.69 Å². The second kappa shape index (κ2) is 7.88. The number of hydrogen-bond acceptors (Lipinski definition) is 3. The van der Waals surface area contributed by atoms with Crippen molar-refractivity contribution in [3.63, 3.8) is 0 Å². The molecule has 0 fully saturated rings. The van der Waals surface area contributed by atoms with Gasteiger partial charge >= 0.3 is 0 Å². The average Bonchev–Trinajstić information content (AvgIpc) is 3.35. The molecule has 4 rings (SSSR count). The van der Waals surface area contributed by atoms with Crippen LogP contribution in [0.5, 0.6) is 0 Å². The van der Waals surface area contributed by atoms with Crippen molar-refractivity contribution in [1.29, 1.82) is 0 Å². The fraction of sp³-hybridized carbons (Fsp3) is 0.0500. The summed E-state index contributed by atoms with van der Waals surface area (Å²) in [6.45, 7) is 0.405. The van der Waals surface area contributed by atoms with Crippen LogP contribution < -0.4 is 5.32 Å². The van der Waals surface area contributed by atoms with Gasteiger partial charge in [-0.3, -0.25) is 4.79 Å². The van der Waals surface area contributed by atoms with E-state index in [1.165, 1.54) is 6.20 Å². The molecule has 0 atom stereocenters. The van der Waals surface area contributed by atoms with Crippen molar-refractivity contribution in [1.82, 2.24) is 19.6 Å². The normalized spacial score (nSPS) is 10.8. The van der Waals surface area contributed by atoms with E-state index in [-0.39, 0.29) is 5.91 Å². The van der Waals surface area contributed by atoms with Crippen LogP contribution in [0.1, 0.15) is 15.9 Å². The molecule has 28 heavy (non-hydrogen) atoms.